The molecule has 4 nitrogen and oxygen atoms in total. The number of ether oxygens (including phenoxy) is 1. The lowest BCUT2D eigenvalue weighted by Gasteiger charge is -2.14. The monoisotopic (exact) mass is 311 g/mol. The molecule has 0 atom stereocenters. The number of aryl methyl sites for hydroxylation is 3. The van der Waals surface area contributed by atoms with Crippen molar-refractivity contribution in [3.8, 4) is 11.5 Å². The van der Waals surface area contributed by atoms with Crippen LogP contribution in [0.15, 0.2) is 36.4 Å². The summed E-state index contributed by atoms with van der Waals surface area (Å²) in [5.74, 6) is 1.18. The topological polar surface area (TPSA) is 69.4 Å². The third-order valence-corrected chi connectivity index (χ3v) is 3.64. The lowest BCUT2D eigenvalue weighted by Crippen LogP contribution is -2.10. The Morgan fingerprint density at radius 1 is 1.04 bits per heavy atom. The Balaban J connectivity index is 2.19. The van der Waals surface area contributed by atoms with E-state index < -0.39 is 5.91 Å². The quantitative estimate of drug-likeness (QED) is 0.884. The van der Waals surface area contributed by atoms with Gasteiger partial charge in [0.05, 0.1) is 0 Å². The second-order valence-corrected chi connectivity index (χ2v) is 5.75. The highest BCUT2D eigenvalue weighted by Crippen LogP contribution is 2.30. The second-order valence-electron chi connectivity index (χ2n) is 5.75. The zero-order chi connectivity index (χ0) is 17.0. The fourth-order valence-corrected chi connectivity index (χ4v) is 2.47. The van der Waals surface area contributed by atoms with Crippen LogP contribution in [0.2, 0.25) is 0 Å². The average Bonchev–Trinajstić information content (AvgIpc) is 2.49. The minimum Gasteiger partial charge on any atom is -0.457 e. The van der Waals surface area contributed by atoms with E-state index in [2.05, 4.69) is 0 Å². The van der Waals surface area contributed by atoms with Crippen LogP contribution >= 0.6 is 0 Å². The van der Waals surface area contributed by atoms with E-state index >= 15 is 0 Å². The van der Waals surface area contributed by atoms with E-state index in [0.29, 0.717) is 17.7 Å². The molecule has 1 amide bonds. The SMILES string of the molecule is CC(=O)CCc1cc(C)c(Oc2ccc(C(N)=O)cc2)c(C)c1. The number of ketones is 1. The van der Waals surface area contributed by atoms with E-state index in [4.69, 9.17) is 10.5 Å². The summed E-state index contributed by atoms with van der Waals surface area (Å²) in [6.45, 7) is 5.57. The molecule has 0 bridgehead atoms. The fraction of sp³-hybridized carbons (Fsp3) is 0.263. The number of hydrogen-bond acceptors (Lipinski definition) is 3. The zero-order valence-electron chi connectivity index (χ0n) is 13.7. The van der Waals surface area contributed by atoms with Crippen LogP contribution < -0.4 is 10.5 Å². The standard InChI is InChI=1S/C19H21NO3/c1-12-10-15(5-4-14(3)21)11-13(2)18(12)23-17-8-6-16(7-9-17)19(20)22/h6-11H,4-5H2,1-3H3,(H2,20,22). The molecule has 23 heavy (non-hydrogen) atoms. The van der Waals surface area contributed by atoms with Gasteiger partial charge in [0.25, 0.3) is 0 Å². The third-order valence-electron chi connectivity index (χ3n) is 3.64. The molecule has 0 fully saturated rings. The molecular weight excluding hydrogens is 290 g/mol. The number of hydrogen-bond donors (Lipinski definition) is 1. The molecule has 4 heteroatoms. The van der Waals surface area contributed by atoms with Gasteiger partial charge >= 0.3 is 0 Å². The van der Waals surface area contributed by atoms with Crippen LogP contribution in [0.4, 0.5) is 0 Å². The summed E-state index contributed by atoms with van der Waals surface area (Å²) in [5, 5.41) is 0. The molecule has 2 N–H and O–H groups in total. The van der Waals surface area contributed by atoms with Crippen molar-refractivity contribution in [1.82, 2.24) is 0 Å². The molecule has 0 unspecified atom stereocenters. The van der Waals surface area contributed by atoms with Crippen LogP contribution in [0.25, 0.3) is 0 Å². The molecule has 0 aliphatic heterocycles. The van der Waals surface area contributed by atoms with Crippen molar-refractivity contribution in [1.29, 1.82) is 0 Å². The van der Waals surface area contributed by atoms with Crippen molar-refractivity contribution in [3.05, 3.63) is 58.7 Å². The van der Waals surface area contributed by atoms with Gasteiger partial charge in [-0.1, -0.05) is 12.1 Å². The number of Topliss-reactive ketones (excluding diaryl/α,β-unsaturated/α-hetero) is 1. The predicted octanol–water partition coefficient (Wildman–Crippen LogP) is 3.72. The lowest BCUT2D eigenvalue weighted by atomic mass is 10.0. The van der Waals surface area contributed by atoms with Gasteiger partial charge < -0.3 is 15.3 Å². The highest BCUT2D eigenvalue weighted by atomic mass is 16.5. The highest BCUT2D eigenvalue weighted by Gasteiger charge is 2.09. The van der Waals surface area contributed by atoms with Crippen LogP contribution in [0, 0.1) is 13.8 Å². The van der Waals surface area contributed by atoms with Gasteiger partial charge in [0, 0.05) is 12.0 Å². The second kappa shape index (κ2) is 7.09. The fourth-order valence-electron chi connectivity index (χ4n) is 2.47. The average molecular weight is 311 g/mol. The molecule has 0 heterocycles. The first-order valence-electron chi connectivity index (χ1n) is 7.54. The van der Waals surface area contributed by atoms with Gasteiger partial charge in [0.2, 0.25) is 5.91 Å². The Morgan fingerprint density at radius 3 is 2.09 bits per heavy atom. The third kappa shape index (κ3) is 4.42. The van der Waals surface area contributed by atoms with E-state index in [1.54, 1.807) is 31.2 Å². The van der Waals surface area contributed by atoms with E-state index in [0.717, 1.165) is 28.9 Å². The van der Waals surface area contributed by atoms with Gasteiger partial charge in [0.1, 0.15) is 17.3 Å². The summed E-state index contributed by atoms with van der Waals surface area (Å²) in [5.41, 5.74) is 8.84. The van der Waals surface area contributed by atoms with Gasteiger partial charge in [-0.2, -0.15) is 0 Å². The first kappa shape index (κ1) is 16.7. The predicted molar refractivity (Wildman–Crippen MR) is 90.0 cm³/mol. The van der Waals surface area contributed by atoms with Crippen molar-refractivity contribution in [2.24, 2.45) is 5.73 Å². The normalized spacial score (nSPS) is 10.4. The summed E-state index contributed by atoms with van der Waals surface area (Å²) in [6, 6.07) is 10.8. The van der Waals surface area contributed by atoms with Gasteiger partial charge in [0.15, 0.2) is 0 Å². The molecule has 120 valence electrons. The van der Waals surface area contributed by atoms with E-state index in [1.807, 2.05) is 26.0 Å². The van der Waals surface area contributed by atoms with Crippen LogP contribution in [0.5, 0.6) is 11.5 Å². The van der Waals surface area contributed by atoms with Crippen LogP contribution in [-0.4, -0.2) is 11.7 Å². The molecule has 0 spiro atoms. The van der Waals surface area contributed by atoms with Gasteiger partial charge in [-0.25, -0.2) is 0 Å². The molecule has 2 aromatic carbocycles. The van der Waals surface area contributed by atoms with Crippen LogP contribution in [0.1, 0.15) is 40.4 Å². The van der Waals surface area contributed by atoms with Gasteiger partial charge in [-0.3, -0.25) is 4.79 Å². The number of carbonyl (C=O) groups is 2. The van der Waals surface area contributed by atoms with Gasteiger partial charge in [-0.05, 0) is 68.1 Å². The lowest BCUT2D eigenvalue weighted by molar-refractivity contribution is -0.116. The van der Waals surface area contributed by atoms with Crippen molar-refractivity contribution < 1.29 is 14.3 Å². The van der Waals surface area contributed by atoms with Crippen molar-refractivity contribution in [3.63, 3.8) is 0 Å². The van der Waals surface area contributed by atoms with Crippen LogP contribution in [0.3, 0.4) is 0 Å². The Labute approximate surface area is 136 Å². The van der Waals surface area contributed by atoms with Crippen molar-refractivity contribution >= 4 is 11.7 Å². The van der Waals surface area contributed by atoms with E-state index in [9.17, 15) is 9.59 Å². The van der Waals surface area contributed by atoms with Crippen molar-refractivity contribution in [2.45, 2.75) is 33.6 Å². The molecule has 2 aromatic rings. The number of rotatable bonds is 6. The number of amides is 1. The smallest absolute Gasteiger partial charge is 0.248 e. The summed E-state index contributed by atoms with van der Waals surface area (Å²) in [7, 11) is 0. The highest BCUT2D eigenvalue weighted by molar-refractivity contribution is 5.92. The maximum atomic E-state index is 11.1. The maximum Gasteiger partial charge on any atom is 0.248 e. The van der Waals surface area contributed by atoms with E-state index in [-0.39, 0.29) is 5.78 Å². The largest absolute Gasteiger partial charge is 0.457 e. The number of carbonyl (C=O) groups excluding carboxylic acids is 2. The minimum atomic E-state index is -0.460. The Hall–Kier alpha value is -2.62. The van der Waals surface area contributed by atoms with Crippen molar-refractivity contribution in [2.75, 3.05) is 0 Å². The van der Waals surface area contributed by atoms with Crippen LogP contribution in [-0.2, 0) is 11.2 Å². The molecular formula is C19H21NO3. The summed E-state index contributed by atoms with van der Waals surface area (Å²) >= 11 is 0. The first-order valence-corrected chi connectivity index (χ1v) is 7.54. The van der Waals surface area contributed by atoms with Gasteiger partial charge in [-0.15, -0.1) is 0 Å². The number of benzene rings is 2. The molecule has 0 aliphatic rings. The Bertz CT molecular complexity index is 710. The summed E-state index contributed by atoms with van der Waals surface area (Å²) in [4.78, 5) is 22.2. The molecule has 0 saturated carbocycles. The molecule has 0 aliphatic carbocycles. The molecule has 0 saturated heterocycles. The Morgan fingerprint density at radius 2 is 1.61 bits per heavy atom. The number of nitrogens with two attached hydrogens (primary N) is 1. The zero-order valence-corrected chi connectivity index (χ0v) is 13.7. The Kier molecular flexibility index (Phi) is 5.16. The van der Waals surface area contributed by atoms with E-state index in [1.165, 1.54) is 0 Å². The first-order chi connectivity index (χ1) is 10.9. The molecule has 0 aromatic heterocycles. The summed E-state index contributed by atoms with van der Waals surface area (Å²) < 4.78 is 5.94. The minimum absolute atomic E-state index is 0.190. The maximum absolute atomic E-state index is 11.1. The molecule has 2 rings (SSSR count). The number of primary amides is 1. The molecule has 0 radical (unpaired) electrons. The summed E-state index contributed by atoms with van der Waals surface area (Å²) in [6.07, 6.45) is 1.29.